The van der Waals surface area contributed by atoms with E-state index in [1.165, 1.54) is 6.42 Å². The summed E-state index contributed by atoms with van der Waals surface area (Å²) in [5, 5.41) is 12.7. The first-order chi connectivity index (χ1) is 7.68. The van der Waals surface area contributed by atoms with Crippen LogP contribution in [0, 0.1) is 5.92 Å². The maximum Gasteiger partial charge on any atom is 0.308 e. The van der Waals surface area contributed by atoms with Crippen LogP contribution in [0.5, 0.6) is 0 Å². The third-order valence-electron chi connectivity index (χ3n) is 3.41. The minimum absolute atomic E-state index is 0.0828. The molecule has 0 spiro atoms. The fourth-order valence-corrected chi connectivity index (χ4v) is 2.42. The monoisotopic (exact) mass is 226 g/mol. The Morgan fingerprint density at radius 3 is 2.56 bits per heavy atom. The summed E-state index contributed by atoms with van der Waals surface area (Å²) in [5.74, 6) is -1.09. The van der Waals surface area contributed by atoms with E-state index in [0.717, 1.165) is 25.9 Å². The number of carbonyl (C=O) groups excluding carboxylic acids is 1. The summed E-state index contributed by atoms with van der Waals surface area (Å²) in [4.78, 5) is 22.7. The standard InChI is InChI=1S/C11H18N2O3/c14-10-5-4-9(11(15)16)8-13(10)12-6-2-1-3-7-12/h9H,1-8H2,(H,15,16). The smallest absolute Gasteiger partial charge is 0.308 e. The zero-order chi connectivity index (χ0) is 11.5. The van der Waals surface area contributed by atoms with Crippen LogP contribution in [0.1, 0.15) is 32.1 Å². The van der Waals surface area contributed by atoms with Crippen LogP contribution in [0.2, 0.25) is 0 Å². The van der Waals surface area contributed by atoms with Crippen molar-refractivity contribution in [1.82, 2.24) is 10.0 Å². The lowest BCUT2D eigenvalue weighted by Crippen LogP contribution is -2.53. The maximum absolute atomic E-state index is 11.8. The molecule has 0 aromatic rings. The highest BCUT2D eigenvalue weighted by Gasteiger charge is 2.33. The molecule has 0 aromatic carbocycles. The van der Waals surface area contributed by atoms with Crippen LogP contribution in [-0.2, 0) is 9.59 Å². The van der Waals surface area contributed by atoms with E-state index >= 15 is 0 Å². The third-order valence-corrected chi connectivity index (χ3v) is 3.41. The molecule has 0 bridgehead atoms. The van der Waals surface area contributed by atoms with Crippen LogP contribution in [0.15, 0.2) is 0 Å². The lowest BCUT2D eigenvalue weighted by Gasteiger charge is -2.41. The SMILES string of the molecule is O=C(O)C1CCC(=O)N(N2CCCCC2)C1. The molecule has 1 N–H and O–H groups in total. The molecule has 2 fully saturated rings. The van der Waals surface area contributed by atoms with Gasteiger partial charge in [-0.3, -0.25) is 14.6 Å². The molecule has 2 saturated heterocycles. The van der Waals surface area contributed by atoms with Crippen LogP contribution in [-0.4, -0.2) is 46.6 Å². The fraction of sp³-hybridized carbons (Fsp3) is 0.818. The molecular weight excluding hydrogens is 208 g/mol. The lowest BCUT2D eigenvalue weighted by molar-refractivity contribution is -0.163. The predicted molar refractivity (Wildman–Crippen MR) is 57.5 cm³/mol. The van der Waals surface area contributed by atoms with E-state index in [-0.39, 0.29) is 11.8 Å². The van der Waals surface area contributed by atoms with E-state index in [1.807, 2.05) is 5.01 Å². The molecule has 0 aromatic heterocycles. The van der Waals surface area contributed by atoms with Crippen molar-refractivity contribution in [3.05, 3.63) is 0 Å². The van der Waals surface area contributed by atoms with Gasteiger partial charge in [-0.15, -0.1) is 0 Å². The zero-order valence-corrected chi connectivity index (χ0v) is 9.39. The van der Waals surface area contributed by atoms with Crippen molar-refractivity contribution in [2.24, 2.45) is 5.92 Å². The van der Waals surface area contributed by atoms with Gasteiger partial charge in [0, 0.05) is 19.5 Å². The van der Waals surface area contributed by atoms with Crippen molar-refractivity contribution in [3.8, 4) is 0 Å². The maximum atomic E-state index is 11.8. The largest absolute Gasteiger partial charge is 0.481 e. The average molecular weight is 226 g/mol. The van der Waals surface area contributed by atoms with E-state index in [2.05, 4.69) is 0 Å². The predicted octanol–water partition coefficient (Wildman–Crippen LogP) is 0.710. The van der Waals surface area contributed by atoms with E-state index in [0.29, 0.717) is 19.4 Å². The molecule has 5 nitrogen and oxygen atoms in total. The summed E-state index contributed by atoms with van der Waals surface area (Å²) < 4.78 is 0. The van der Waals surface area contributed by atoms with Gasteiger partial charge in [0.25, 0.3) is 0 Å². The molecule has 90 valence electrons. The van der Waals surface area contributed by atoms with Crippen LogP contribution in [0.3, 0.4) is 0 Å². The van der Waals surface area contributed by atoms with Gasteiger partial charge in [-0.25, -0.2) is 5.01 Å². The van der Waals surface area contributed by atoms with Gasteiger partial charge in [0.1, 0.15) is 0 Å². The van der Waals surface area contributed by atoms with E-state index in [1.54, 1.807) is 5.01 Å². The first-order valence-corrected chi connectivity index (χ1v) is 5.96. The molecule has 0 aliphatic carbocycles. The van der Waals surface area contributed by atoms with E-state index in [4.69, 9.17) is 5.11 Å². The number of aliphatic carboxylic acids is 1. The van der Waals surface area contributed by atoms with Gasteiger partial charge in [0.15, 0.2) is 0 Å². The summed E-state index contributed by atoms with van der Waals surface area (Å²) in [6.07, 6.45) is 4.26. The number of rotatable bonds is 2. The van der Waals surface area contributed by atoms with Crippen LogP contribution < -0.4 is 0 Å². The van der Waals surface area contributed by atoms with Gasteiger partial charge in [-0.2, -0.15) is 0 Å². The van der Waals surface area contributed by atoms with Crippen molar-refractivity contribution in [1.29, 1.82) is 0 Å². The number of carbonyl (C=O) groups is 2. The van der Waals surface area contributed by atoms with Gasteiger partial charge in [-0.05, 0) is 19.3 Å². The van der Waals surface area contributed by atoms with Crippen molar-refractivity contribution in [3.63, 3.8) is 0 Å². The Morgan fingerprint density at radius 2 is 1.94 bits per heavy atom. The average Bonchev–Trinajstić information content (AvgIpc) is 2.30. The van der Waals surface area contributed by atoms with Crippen LogP contribution in [0.4, 0.5) is 0 Å². The first-order valence-electron chi connectivity index (χ1n) is 5.96. The highest BCUT2D eigenvalue weighted by atomic mass is 16.4. The Morgan fingerprint density at radius 1 is 1.25 bits per heavy atom. The second-order valence-corrected chi connectivity index (χ2v) is 4.56. The van der Waals surface area contributed by atoms with Gasteiger partial charge in [0.2, 0.25) is 5.91 Å². The molecule has 2 aliphatic heterocycles. The second-order valence-electron chi connectivity index (χ2n) is 4.56. The number of hydrogen-bond acceptors (Lipinski definition) is 3. The number of piperidine rings is 2. The first kappa shape index (κ1) is 11.4. The van der Waals surface area contributed by atoms with Gasteiger partial charge in [-0.1, -0.05) is 6.42 Å². The van der Waals surface area contributed by atoms with Crippen molar-refractivity contribution in [2.45, 2.75) is 32.1 Å². The molecule has 2 aliphatic rings. The number of hydrogen-bond donors (Lipinski definition) is 1. The number of amides is 1. The summed E-state index contributed by atoms with van der Waals surface area (Å²) in [7, 11) is 0. The number of hydrazine groups is 1. The van der Waals surface area contributed by atoms with Gasteiger partial charge < -0.3 is 5.11 Å². The molecule has 16 heavy (non-hydrogen) atoms. The minimum Gasteiger partial charge on any atom is -0.481 e. The molecule has 1 amide bonds. The highest BCUT2D eigenvalue weighted by molar-refractivity contribution is 5.80. The van der Waals surface area contributed by atoms with Gasteiger partial charge in [0.05, 0.1) is 12.5 Å². The Balaban J connectivity index is 1.99. The van der Waals surface area contributed by atoms with Crippen molar-refractivity contribution < 1.29 is 14.7 Å². The summed E-state index contributed by atoms with van der Waals surface area (Å²) >= 11 is 0. The normalized spacial score (nSPS) is 28.1. The topological polar surface area (TPSA) is 60.9 Å². The molecule has 0 saturated carbocycles. The zero-order valence-electron chi connectivity index (χ0n) is 9.39. The molecule has 5 heteroatoms. The van der Waals surface area contributed by atoms with E-state index < -0.39 is 5.97 Å². The quantitative estimate of drug-likeness (QED) is 0.753. The fourth-order valence-electron chi connectivity index (χ4n) is 2.42. The molecule has 2 heterocycles. The number of carboxylic acid groups (broad SMARTS) is 1. The second kappa shape index (κ2) is 4.82. The van der Waals surface area contributed by atoms with Crippen molar-refractivity contribution >= 4 is 11.9 Å². The molecular formula is C11H18N2O3. The summed E-state index contributed by atoms with van der Waals surface area (Å²) in [6.45, 7) is 2.13. The lowest BCUT2D eigenvalue weighted by atomic mass is 9.98. The number of nitrogens with zero attached hydrogens (tertiary/aromatic N) is 2. The third kappa shape index (κ3) is 2.35. The summed E-state index contributed by atoms with van der Waals surface area (Å²) in [6, 6.07) is 0. The summed E-state index contributed by atoms with van der Waals surface area (Å²) in [5.41, 5.74) is 0. The molecule has 1 unspecified atom stereocenters. The van der Waals surface area contributed by atoms with Crippen LogP contribution >= 0.6 is 0 Å². The van der Waals surface area contributed by atoms with Crippen LogP contribution in [0.25, 0.3) is 0 Å². The Labute approximate surface area is 95.0 Å². The highest BCUT2D eigenvalue weighted by Crippen LogP contribution is 2.21. The van der Waals surface area contributed by atoms with Crippen molar-refractivity contribution in [2.75, 3.05) is 19.6 Å². The Bertz CT molecular complexity index is 287. The van der Waals surface area contributed by atoms with Gasteiger partial charge >= 0.3 is 5.97 Å². The van der Waals surface area contributed by atoms with E-state index in [9.17, 15) is 9.59 Å². The molecule has 0 radical (unpaired) electrons. The number of carboxylic acids is 1. The minimum atomic E-state index is -0.783. The Hall–Kier alpha value is -1.10. The molecule has 2 rings (SSSR count). The Kier molecular flexibility index (Phi) is 3.43. The molecule has 1 atom stereocenters.